The Bertz CT molecular complexity index is 1340. The number of phenols is 1. The average molecular weight is 726 g/mol. The molecule has 0 aliphatic carbocycles. The highest BCUT2D eigenvalue weighted by Gasteiger charge is 2.27. The summed E-state index contributed by atoms with van der Waals surface area (Å²) in [6.07, 6.45) is -2.19. The van der Waals surface area contributed by atoms with Crippen LogP contribution in [0.2, 0.25) is 0 Å². The van der Waals surface area contributed by atoms with Crippen LogP contribution in [-0.4, -0.2) is 123 Å². The fourth-order valence-corrected chi connectivity index (χ4v) is 4.03. The number of carbonyl (C=O) groups excluding carboxylic acids is 4. The van der Waals surface area contributed by atoms with Crippen LogP contribution in [0.5, 0.6) is 5.75 Å². The van der Waals surface area contributed by atoms with Crippen molar-refractivity contribution in [1.82, 2.24) is 21.3 Å². The van der Waals surface area contributed by atoms with E-state index in [-0.39, 0.29) is 69.2 Å². The number of amides is 4. The number of nitrogens with one attached hydrogen (secondary N) is 4. The molecular weight excluding hydrogens is 674 g/mol. The maximum atomic E-state index is 13.2. The van der Waals surface area contributed by atoms with Crippen molar-refractivity contribution in [2.24, 2.45) is 5.11 Å². The van der Waals surface area contributed by atoms with Gasteiger partial charge in [-0.25, -0.2) is 14.4 Å². The Kier molecular flexibility index (Phi) is 19.7. The number of carboxylic acids is 1. The van der Waals surface area contributed by atoms with Gasteiger partial charge in [0.2, 0.25) is 5.91 Å². The lowest BCUT2D eigenvalue weighted by Gasteiger charge is -2.23. The minimum atomic E-state index is -1.46. The number of carbonyl (C=O) groups is 5. The third-order valence-corrected chi connectivity index (χ3v) is 6.17. The van der Waals surface area contributed by atoms with Gasteiger partial charge in [-0.2, -0.15) is 0 Å². The van der Waals surface area contributed by atoms with E-state index in [1.54, 1.807) is 41.5 Å². The highest BCUT2D eigenvalue weighted by molar-refractivity contribution is 5.96. The van der Waals surface area contributed by atoms with Gasteiger partial charge in [0.15, 0.2) is 0 Å². The fourth-order valence-electron chi connectivity index (χ4n) is 4.03. The summed E-state index contributed by atoms with van der Waals surface area (Å²) < 4.78 is 26.4. The fraction of sp³-hybridized carbons (Fsp3) is 0.656. The van der Waals surface area contributed by atoms with Crippen LogP contribution in [0.3, 0.4) is 0 Å². The maximum absolute atomic E-state index is 13.2. The molecule has 19 nitrogen and oxygen atoms in total. The van der Waals surface area contributed by atoms with Gasteiger partial charge in [-0.3, -0.25) is 9.59 Å². The first-order chi connectivity index (χ1) is 23.9. The summed E-state index contributed by atoms with van der Waals surface area (Å²) >= 11 is 0. The molecule has 0 heterocycles. The molecule has 286 valence electrons. The number of benzene rings is 1. The molecule has 1 aromatic rings. The first-order valence-electron chi connectivity index (χ1n) is 16.3. The largest absolute Gasteiger partial charge is 0.508 e. The van der Waals surface area contributed by atoms with E-state index in [4.69, 9.17) is 29.2 Å². The average Bonchev–Trinajstić information content (AvgIpc) is 3.01. The van der Waals surface area contributed by atoms with Crippen LogP contribution in [0.1, 0.15) is 63.9 Å². The van der Waals surface area contributed by atoms with Crippen molar-refractivity contribution in [1.29, 1.82) is 0 Å². The van der Waals surface area contributed by atoms with Crippen molar-refractivity contribution < 1.29 is 57.9 Å². The normalized spacial score (nSPS) is 12.4. The molecule has 51 heavy (non-hydrogen) atoms. The summed E-state index contributed by atoms with van der Waals surface area (Å²) in [4.78, 5) is 65.5. The molecule has 1 aromatic carbocycles. The predicted molar refractivity (Wildman–Crippen MR) is 182 cm³/mol. The van der Waals surface area contributed by atoms with Gasteiger partial charge in [0.25, 0.3) is 5.91 Å². The quantitative estimate of drug-likeness (QED) is 0.0435. The van der Waals surface area contributed by atoms with Crippen molar-refractivity contribution in [3.63, 3.8) is 0 Å². The van der Waals surface area contributed by atoms with E-state index in [1.807, 2.05) is 0 Å². The van der Waals surface area contributed by atoms with E-state index in [9.17, 15) is 34.2 Å². The summed E-state index contributed by atoms with van der Waals surface area (Å²) in [6, 6.07) is 1.19. The molecule has 0 aromatic heterocycles. The number of aromatic hydroxyl groups is 1. The van der Waals surface area contributed by atoms with E-state index >= 15 is 0 Å². The molecule has 0 radical (unpaired) electrons. The van der Waals surface area contributed by atoms with E-state index in [1.165, 1.54) is 12.1 Å². The van der Waals surface area contributed by atoms with Gasteiger partial charge in [-0.05, 0) is 71.2 Å². The van der Waals surface area contributed by atoms with Gasteiger partial charge in [-0.1, -0.05) is 11.2 Å². The van der Waals surface area contributed by atoms with Crippen molar-refractivity contribution in [3.05, 3.63) is 39.8 Å². The van der Waals surface area contributed by atoms with Gasteiger partial charge >= 0.3 is 18.2 Å². The van der Waals surface area contributed by atoms with Gasteiger partial charge in [0.05, 0.1) is 39.6 Å². The molecule has 19 heteroatoms. The molecule has 0 bridgehead atoms. The third-order valence-electron chi connectivity index (χ3n) is 6.17. The summed E-state index contributed by atoms with van der Waals surface area (Å²) in [6.45, 7) is 11.7. The van der Waals surface area contributed by atoms with Crippen molar-refractivity contribution in [3.8, 4) is 5.75 Å². The van der Waals surface area contributed by atoms with Crippen LogP contribution in [0.4, 0.5) is 9.59 Å². The Labute approximate surface area is 296 Å². The van der Waals surface area contributed by atoms with Crippen LogP contribution in [0.25, 0.3) is 10.4 Å². The number of alkyl carbamates (subject to hydrolysis) is 2. The number of aliphatic carboxylic acids is 1. The summed E-state index contributed by atoms with van der Waals surface area (Å²) in [5, 5.41) is 33.2. The number of hydrogen-bond acceptors (Lipinski definition) is 12. The highest BCUT2D eigenvalue weighted by atomic mass is 16.6. The first-order valence-corrected chi connectivity index (χ1v) is 16.3. The molecule has 2 atom stereocenters. The van der Waals surface area contributed by atoms with Gasteiger partial charge in [0.1, 0.15) is 29.0 Å². The van der Waals surface area contributed by atoms with Gasteiger partial charge < -0.3 is 55.2 Å². The number of rotatable bonds is 22. The number of phenolic OH excluding ortho intramolecular Hbond substituents is 1. The Balaban J connectivity index is 2.77. The number of nitrogens with zero attached hydrogens (tertiary/aromatic N) is 3. The minimum absolute atomic E-state index is 0.0627. The highest BCUT2D eigenvalue weighted by Crippen LogP contribution is 2.19. The second kappa shape index (κ2) is 22.8. The molecule has 0 saturated heterocycles. The van der Waals surface area contributed by atoms with Crippen molar-refractivity contribution in [2.45, 2.75) is 77.7 Å². The lowest BCUT2D eigenvalue weighted by atomic mass is 9.99. The summed E-state index contributed by atoms with van der Waals surface area (Å²) in [7, 11) is 0. The molecule has 0 aliphatic heterocycles. The Hall–Kier alpha value is -4.84. The molecule has 0 saturated carbocycles. The molecule has 0 fully saturated rings. The maximum Gasteiger partial charge on any atom is 0.408 e. The Morgan fingerprint density at radius 1 is 0.804 bits per heavy atom. The molecule has 4 amide bonds. The van der Waals surface area contributed by atoms with Crippen LogP contribution in [-0.2, 0) is 39.7 Å². The number of hydrogen-bond donors (Lipinski definition) is 6. The first kappa shape index (κ1) is 44.2. The number of ether oxygens (including phenoxy) is 5. The second-order valence-corrected chi connectivity index (χ2v) is 12.9. The predicted octanol–water partition coefficient (Wildman–Crippen LogP) is 2.40. The van der Waals surface area contributed by atoms with Crippen LogP contribution >= 0.6 is 0 Å². The van der Waals surface area contributed by atoms with Crippen LogP contribution in [0.15, 0.2) is 23.3 Å². The Morgan fingerprint density at radius 2 is 1.35 bits per heavy atom. The molecule has 0 spiro atoms. The number of azide groups is 1. The Morgan fingerprint density at radius 3 is 1.90 bits per heavy atom. The van der Waals surface area contributed by atoms with E-state index in [0.29, 0.717) is 19.8 Å². The van der Waals surface area contributed by atoms with E-state index in [2.05, 4.69) is 31.3 Å². The SMILES string of the molecule is CC(C)(C)OC(=O)N[C@@H](Cc1ccc(O)cc1C(=O)NCC[C@H](NC(=O)OC(C)(C)C)C(=O)NCCOCCOCCOCCN=[N+]=[N-])C(=O)O. The van der Waals surface area contributed by atoms with Crippen LogP contribution < -0.4 is 21.3 Å². The smallest absolute Gasteiger partial charge is 0.408 e. The van der Waals surface area contributed by atoms with Crippen molar-refractivity contribution >= 4 is 30.0 Å². The zero-order valence-electron chi connectivity index (χ0n) is 30.0. The van der Waals surface area contributed by atoms with E-state index in [0.717, 1.165) is 6.07 Å². The lowest BCUT2D eigenvalue weighted by Crippen LogP contribution is -2.50. The van der Waals surface area contributed by atoms with Crippen LogP contribution in [0, 0.1) is 0 Å². The monoisotopic (exact) mass is 725 g/mol. The molecule has 0 unspecified atom stereocenters. The zero-order chi connectivity index (χ0) is 38.5. The van der Waals surface area contributed by atoms with Gasteiger partial charge in [0, 0.05) is 36.5 Å². The molecular formula is C32H51N7O12. The standard InChI is InChI=1S/C32H51N7O12/c1-31(2,3)50-29(45)37-24(27(42)35-11-13-47-15-17-49-18-16-48-14-12-36-39-33)9-10-34-26(41)23-20-22(40)8-7-21(23)19-25(28(43)44)38-30(46)51-32(4,5)6/h7-8,20,24-25,40H,9-19H2,1-6H3,(H,34,41)(H,35,42)(H,37,45)(H,38,46)(H,43,44)/t24-,25-/m0/s1. The van der Waals surface area contributed by atoms with Gasteiger partial charge in [-0.15, -0.1) is 0 Å². The van der Waals surface area contributed by atoms with Crippen molar-refractivity contribution in [2.75, 3.05) is 59.3 Å². The molecule has 1 rings (SSSR count). The number of carboxylic acid groups (broad SMARTS) is 1. The minimum Gasteiger partial charge on any atom is -0.508 e. The summed E-state index contributed by atoms with van der Waals surface area (Å²) in [5.74, 6) is -2.90. The molecule has 6 N–H and O–H groups in total. The topological polar surface area (TPSA) is 269 Å². The molecule has 0 aliphatic rings. The zero-order valence-corrected chi connectivity index (χ0v) is 30.0. The summed E-state index contributed by atoms with van der Waals surface area (Å²) in [5.41, 5.74) is 6.63. The third kappa shape index (κ3) is 21.1. The van der Waals surface area contributed by atoms with E-state index < -0.39 is 53.3 Å². The second-order valence-electron chi connectivity index (χ2n) is 12.9. The lowest BCUT2D eigenvalue weighted by molar-refractivity contribution is -0.139.